The van der Waals surface area contributed by atoms with Crippen LogP contribution in [0.25, 0.3) is 134 Å². The van der Waals surface area contributed by atoms with Crippen molar-refractivity contribution in [3.63, 3.8) is 0 Å². The third-order valence-corrected chi connectivity index (χ3v) is 19.7. The summed E-state index contributed by atoms with van der Waals surface area (Å²) in [4.78, 5) is 15.7. The molecule has 6 heteroatoms. The summed E-state index contributed by atoms with van der Waals surface area (Å²) in [5, 5.41) is 4.98. The van der Waals surface area contributed by atoms with Gasteiger partial charge in [0.05, 0.1) is 73.3 Å². The number of nitrogens with zero attached hydrogens (tertiary/aromatic N) is 5. The molecule has 0 fully saturated rings. The maximum absolute atomic E-state index is 6.31. The van der Waals surface area contributed by atoms with Gasteiger partial charge < -0.3 is 13.6 Å². The van der Waals surface area contributed by atoms with Crippen molar-refractivity contribution in [3.8, 4) is 90.0 Å². The number of furan rings is 1. The minimum Gasteiger partial charge on any atom is -0.464 e. The van der Waals surface area contributed by atoms with E-state index in [0.29, 0.717) is 0 Å². The van der Waals surface area contributed by atoms with Gasteiger partial charge in [0, 0.05) is 45.1 Å². The van der Waals surface area contributed by atoms with Crippen LogP contribution in [-0.4, -0.2) is 24.1 Å². The molecule has 0 saturated heterocycles. The second-order valence-corrected chi connectivity index (χ2v) is 23.7. The first kappa shape index (κ1) is 47.0. The lowest BCUT2D eigenvalue weighted by Crippen LogP contribution is -2.33. The Morgan fingerprint density at radius 2 is 0.862 bits per heavy atom. The summed E-state index contributed by atoms with van der Waals surface area (Å²) in [5.74, 6) is 0.808. The predicted molar refractivity (Wildman–Crippen MR) is 350 cm³/mol. The Bertz CT molecular complexity index is 5610. The molecule has 0 radical (unpaired) electrons. The van der Waals surface area contributed by atoms with E-state index >= 15 is 0 Å². The van der Waals surface area contributed by atoms with Gasteiger partial charge in [-0.1, -0.05) is 188 Å². The maximum atomic E-state index is 6.31. The monoisotopic (exact) mass is 1110 g/mol. The molecule has 87 heavy (non-hydrogen) atoms. The number of fused-ring (bicyclic) bond motifs is 24. The van der Waals surface area contributed by atoms with Crippen LogP contribution in [-0.2, 0) is 10.8 Å². The fourth-order valence-electron chi connectivity index (χ4n) is 16.4. The summed E-state index contributed by atoms with van der Waals surface area (Å²) in [6.07, 6.45) is 5.66. The molecule has 6 aromatic heterocycles. The standard InChI is InChI=1S/C81H47N5O/c1-6-25-60-52(18-1)53-19-2-7-26-61(53)80(60)64-38-36-48(46-75(64)86-73-33-11-5-21-55(73)57-24-15-29-65(80)79(57)86)50-44-70(68-31-13-14-40-82-68)84-71(45-50)69-39-37-49(47-83-69)59-42-51(76-35-17-41-87-76)43-67-77(59)58-22-3-8-27-62(58)81(67)63-28-9-12-34-74(63)85-72-32-10-4-20-54(72)56-23-16-30-66(81)78(56)85/h1-47H. The molecule has 16 aromatic rings. The highest BCUT2D eigenvalue weighted by Crippen LogP contribution is 2.64. The molecule has 0 amide bonds. The van der Waals surface area contributed by atoms with Crippen molar-refractivity contribution in [2.45, 2.75) is 10.8 Å². The molecule has 1 unspecified atom stereocenters. The number of pyridine rings is 3. The predicted octanol–water partition coefficient (Wildman–Crippen LogP) is 19.3. The van der Waals surface area contributed by atoms with Gasteiger partial charge in [-0.25, -0.2) is 4.98 Å². The highest BCUT2D eigenvalue weighted by Gasteiger charge is 2.53. The molecule has 0 N–H and O–H groups in total. The van der Waals surface area contributed by atoms with Gasteiger partial charge in [-0.2, -0.15) is 0 Å². The fourth-order valence-corrected chi connectivity index (χ4v) is 16.4. The zero-order valence-corrected chi connectivity index (χ0v) is 46.8. The van der Waals surface area contributed by atoms with Crippen LogP contribution in [0.15, 0.2) is 290 Å². The van der Waals surface area contributed by atoms with E-state index in [2.05, 4.69) is 252 Å². The quantitative estimate of drug-likeness (QED) is 0.172. The lowest BCUT2D eigenvalue weighted by atomic mass is 9.65. The first-order valence-corrected chi connectivity index (χ1v) is 29.9. The number of rotatable bonds is 5. The second kappa shape index (κ2) is 17.1. The molecule has 0 saturated carbocycles. The van der Waals surface area contributed by atoms with Crippen molar-refractivity contribution in [1.82, 2.24) is 24.1 Å². The van der Waals surface area contributed by atoms with E-state index in [1.807, 2.05) is 36.7 Å². The van der Waals surface area contributed by atoms with Crippen LogP contribution in [0.4, 0.5) is 0 Å². The van der Waals surface area contributed by atoms with Gasteiger partial charge >= 0.3 is 0 Å². The van der Waals surface area contributed by atoms with E-state index < -0.39 is 10.8 Å². The largest absolute Gasteiger partial charge is 0.464 e. The van der Waals surface area contributed by atoms with Crippen LogP contribution in [0.5, 0.6) is 0 Å². The zero-order valence-electron chi connectivity index (χ0n) is 46.8. The highest BCUT2D eigenvalue weighted by atomic mass is 16.3. The lowest BCUT2D eigenvalue weighted by Gasteiger charge is -2.39. The van der Waals surface area contributed by atoms with Gasteiger partial charge in [-0.05, 0) is 162 Å². The first-order valence-electron chi connectivity index (χ1n) is 29.9. The van der Waals surface area contributed by atoms with Crippen molar-refractivity contribution in [2.75, 3.05) is 0 Å². The molecule has 1 atom stereocenters. The smallest absolute Gasteiger partial charge is 0.133 e. The van der Waals surface area contributed by atoms with E-state index in [9.17, 15) is 0 Å². The Balaban J connectivity index is 0.787. The molecule has 20 rings (SSSR count). The van der Waals surface area contributed by atoms with Crippen molar-refractivity contribution in [3.05, 3.63) is 330 Å². The van der Waals surface area contributed by atoms with Gasteiger partial charge in [-0.3, -0.25) is 9.97 Å². The van der Waals surface area contributed by atoms with Crippen LogP contribution < -0.4 is 0 Å². The Morgan fingerprint density at radius 3 is 1.52 bits per heavy atom. The van der Waals surface area contributed by atoms with Crippen molar-refractivity contribution < 1.29 is 4.42 Å². The number of hydrogen-bond donors (Lipinski definition) is 0. The molecular formula is C81H47N5O. The molecule has 8 heterocycles. The number of benzene rings is 10. The minimum absolute atomic E-state index is 0.546. The van der Waals surface area contributed by atoms with Crippen LogP contribution >= 0.6 is 0 Å². The highest BCUT2D eigenvalue weighted by molar-refractivity contribution is 6.15. The van der Waals surface area contributed by atoms with Gasteiger partial charge in [-0.15, -0.1) is 0 Å². The van der Waals surface area contributed by atoms with Gasteiger partial charge in [0.1, 0.15) is 5.76 Å². The van der Waals surface area contributed by atoms with Crippen LogP contribution in [0.3, 0.4) is 0 Å². The SMILES string of the molecule is c1ccc(-c2cc(-c3ccc4c(c3)-n3c5ccccc5c5cccc(c53)C43c4ccccc4-c4ccccc43)cc(-c3ccc(-c4cc(-c5ccco5)cc5c4-c4ccccc4C54c5ccccc5-n5c6ccccc6c6cccc4c65)cn3)n2)nc1. The molecule has 4 aliphatic rings. The van der Waals surface area contributed by atoms with E-state index in [0.717, 1.165) is 62.0 Å². The average Bonchev–Trinajstić information content (AvgIpc) is 1.55. The summed E-state index contributed by atoms with van der Waals surface area (Å²) in [7, 11) is 0. The van der Waals surface area contributed by atoms with Gasteiger partial charge in [0.15, 0.2) is 0 Å². The molecule has 0 bridgehead atoms. The summed E-state index contributed by atoms with van der Waals surface area (Å²) in [6, 6.07) is 98.4. The Morgan fingerprint density at radius 1 is 0.310 bits per heavy atom. The number of hydrogen-bond acceptors (Lipinski definition) is 4. The van der Waals surface area contributed by atoms with E-state index in [4.69, 9.17) is 19.4 Å². The third kappa shape index (κ3) is 5.96. The summed E-state index contributed by atoms with van der Waals surface area (Å²) >= 11 is 0. The normalized spacial score (nSPS) is 15.0. The van der Waals surface area contributed by atoms with Gasteiger partial charge in [0.2, 0.25) is 0 Å². The molecular weight excluding hydrogens is 1060 g/mol. The summed E-state index contributed by atoms with van der Waals surface area (Å²) in [6.45, 7) is 0. The fraction of sp³-hybridized carbons (Fsp3) is 0.0247. The van der Waals surface area contributed by atoms with E-state index in [-0.39, 0.29) is 0 Å². The van der Waals surface area contributed by atoms with E-state index in [1.54, 1.807) is 6.26 Å². The molecule has 2 aliphatic heterocycles. The van der Waals surface area contributed by atoms with Crippen molar-refractivity contribution in [1.29, 1.82) is 0 Å². The van der Waals surface area contributed by atoms with Gasteiger partial charge in [0.25, 0.3) is 0 Å². The molecule has 10 aromatic carbocycles. The number of aromatic nitrogens is 5. The van der Waals surface area contributed by atoms with Crippen molar-refractivity contribution in [2.24, 2.45) is 0 Å². The van der Waals surface area contributed by atoms with Crippen molar-refractivity contribution >= 4 is 43.6 Å². The minimum atomic E-state index is -0.656. The Hall–Kier alpha value is -11.5. The molecule has 6 nitrogen and oxygen atoms in total. The summed E-state index contributed by atoms with van der Waals surface area (Å²) in [5.41, 5.74) is 29.4. The first-order chi connectivity index (χ1) is 43.2. The zero-order chi connectivity index (χ0) is 56.7. The second-order valence-electron chi connectivity index (χ2n) is 23.7. The molecule has 2 spiro atoms. The topological polar surface area (TPSA) is 61.7 Å². The number of para-hydroxylation sites is 5. The van der Waals surface area contributed by atoms with Crippen LogP contribution in [0, 0.1) is 0 Å². The van der Waals surface area contributed by atoms with Crippen LogP contribution in [0.1, 0.15) is 44.5 Å². The summed E-state index contributed by atoms with van der Waals surface area (Å²) < 4.78 is 11.3. The average molecular weight is 1110 g/mol. The third-order valence-electron chi connectivity index (χ3n) is 19.7. The molecule has 402 valence electrons. The van der Waals surface area contributed by atoms with Crippen LogP contribution in [0.2, 0.25) is 0 Å². The Labute approximate surface area is 500 Å². The van der Waals surface area contributed by atoms with E-state index in [1.165, 1.54) is 116 Å². The molecule has 2 aliphatic carbocycles. The maximum Gasteiger partial charge on any atom is 0.133 e. The lowest BCUT2D eigenvalue weighted by molar-refractivity contribution is 0.582. The Kier molecular flexibility index (Phi) is 9.23.